The normalized spacial score (nSPS) is 18.9. The van der Waals surface area contributed by atoms with Crippen molar-refractivity contribution in [2.24, 2.45) is 0 Å². The van der Waals surface area contributed by atoms with Gasteiger partial charge in [-0.1, -0.05) is 5.16 Å². The third-order valence-corrected chi connectivity index (χ3v) is 3.26. The van der Waals surface area contributed by atoms with Crippen molar-refractivity contribution >= 4 is 0 Å². The molecule has 7 heteroatoms. The van der Waals surface area contributed by atoms with Crippen molar-refractivity contribution in [1.82, 2.24) is 30.6 Å². The Bertz CT molecular complexity index is 487. The SMILES string of the molecule is CC(c1noc(-c2cn[nH]c2)n1)N1CCNCC1. The molecule has 7 nitrogen and oxygen atoms in total. The van der Waals surface area contributed by atoms with Gasteiger partial charge in [0.25, 0.3) is 5.89 Å². The molecule has 3 heterocycles. The second kappa shape index (κ2) is 4.87. The van der Waals surface area contributed by atoms with E-state index in [1.807, 2.05) is 0 Å². The van der Waals surface area contributed by atoms with Crippen LogP contribution in [-0.4, -0.2) is 51.4 Å². The van der Waals surface area contributed by atoms with Crippen LogP contribution in [0.4, 0.5) is 0 Å². The minimum absolute atomic E-state index is 0.177. The summed E-state index contributed by atoms with van der Waals surface area (Å²) < 4.78 is 5.26. The Kier molecular flexibility index (Phi) is 3.07. The van der Waals surface area contributed by atoms with Crippen LogP contribution in [0.1, 0.15) is 18.8 Å². The highest BCUT2D eigenvalue weighted by Gasteiger charge is 2.22. The van der Waals surface area contributed by atoms with Gasteiger partial charge in [-0.2, -0.15) is 10.1 Å². The molecule has 18 heavy (non-hydrogen) atoms. The van der Waals surface area contributed by atoms with Crippen LogP contribution in [0.3, 0.4) is 0 Å². The lowest BCUT2D eigenvalue weighted by Crippen LogP contribution is -2.44. The first-order valence-electron chi connectivity index (χ1n) is 6.12. The molecule has 3 rings (SSSR count). The van der Waals surface area contributed by atoms with Gasteiger partial charge in [-0.15, -0.1) is 0 Å². The van der Waals surface area contributed by atoms with E-state index in [9.17, 15) is 0 Å². The molecule has 0 saturated carbocycles. The van der Waals surface area contributed by atoms with Crippen LogP contribution >= 0.6 is 0 Å². The second-order valence-corrected chi connectivity index (χ2v) is 4.41. The molecule has 2 aromatic rings. The van der Waals surface area contributed by atoms with Crippen molar-refractivity contribution in [3.8, 4) is 11.5 Å². The summed E-state index contributed by atoms with van der Waals surface area (Å²) in [5, 5.41) is 14.0. The van der Waals surface area contributed by atoms with Crippen LogP contribution in [0.15, 0.2) is 16.9 Å². The average molecular weight is 248 g/mol. The third kappa shape index (κ3) is 2.14. The molecule has 1 fully saturated rings. The summed E-state index contributed by atoms with van der Waals surface area (Å²) in [5.74, 6) is 1.24. The lowest BCUT2D eigenvalue weighted by molar-refractivity contribution is 0.176. The minimum atomic E-state index is 0.177. The molecular weight excluding hydrogens is 232 g/mol. The van der Waals surface area contributed by atoms with Gasteiger partial charge in [0, 0.05) is 32.4 Å². The zero-order valence-corrected chi connectivity index (χ0v) is 10.3. The van der Waals surface area contributed by atoms with E-state index in [2.05, 4.69) is 37.5 Å². The molecule has 0 amide bonds. The number of nitrogens with one attached hydrogen (secondary N) is 2. The minimum Gasteiger partial charge on any atom is -0.334 e. The molecule has 2 N–H and O–H groups in total. The van der Waals surface area contributed by atoms with Gasteiger partial charge >= 0.3 is 0 Å². The summed E-state index contributed by atoms with van der Waals surface area (Å²) in [4.78, 5) is 6.78. The van der Waals surface area contributed by atoms with Crippen LogP contribution < -0.4 is 5.32 Å². The van der Waals surface area contributed by atoms with Gasteiger partial charge in [0.05, 0.1) is 17.8 Å². The average Bonchev–Trinajstić information content (AvgIpc) is 3.09. The summed E-state index contributed by atoms with van der Waals surface area (Å²) in [6.45, 7) is 6.15. The van der Waals surface area contributed by atoms with Crippen molar-refractivity contribution in [3.05, 3.63) is 18.2 Å². The smallest absolute Gasteiger partial charge is 0.261 e. The number of hydrogen-bond donors (Lipinski definition) is 2. The monoisotopic (exact) mass is 248 g/mol. The molecule has 1 aliphatic heterocycles. The first kappa shape index (κ1) is 11.4. The Morgan fingerprint density at radius 1 is 1.39 bits per heavy atom. The zero-order chi connectivity index (χ0) is 12.4. The van der Waals surface area contributed by atoms with Crippen LogP contribution in [0.25, 0.3) is 11.5 Å². The lowest BCUT2D eigenvalue weighted by atomic mass is 10.2. The number of rotatable bonds is 3. The molecule has 1 atom stereocenters. The van der Waals surface area contributed by atoms with Gasteiger partial charge in [-0.05, 0) is 6.92 Å². The Labute approximate surface area is 105 Å². The fourth-order valence-electron chi connectivity index (χ4n) is 2.12. The first-order valence-corrected chi connectivity index (χ1v) is 6.12. The summed E-state index contributed by atoms with van der Waals surface area (Å²) >= 11 is 0. The Hall–Kier alpha value is -1.73. The number of hydrogen-bond acceptors (Lipinski definition) is 6. The maximum Gasteiger partial charge on any atom is 0.261 e. The van der Waals surface area contributed by atoms with Crippen molar-refractivity contribution < 1.29 is 4.52 Å². The van der Waals surface area contributed by atoms with Crippen molar-refractivity contribution in [2.45, 2.75) is 13.0 Å². The molecule has 1 saturated heterocycles. The first-order chi connectivity index (χ1) is 8.84. The maximum atomic E-state index is 5.26. The van der Waals surface area contributed by atoms with E-state index in [4.69, 9.17) is 4.52 Å². The summed E-state index contributed by atoms with van der Waals surface area (Å²) in [6, 6.07) is 0.177. The molecule has 96 valence electrons. The summed E-state index contributed by atoms with van der Waals surface area (Å²) in [6.07, 6.45) is 3.42. The van der Waals surface area contributed by atoms with Crippen LogP contribution in [-0.2, 0) is 0 Å². The highest BCUT2D eigenvalue weighted by Crippen LogP contribution is 2.21. The number of aromatic amines is 1. The maximum absolute atomic E-state index is 5.26. The quantitative estimate of drug-likeness (QED) is 0.819. The molecule has 0 bridgehead atoms. The van der Waals surface area contributed by atoms with E-state index in [1.54, 1.807) is 12.4 Å². The van der Waals surface area contributed by atoms with Gasteiger partial charge in [-0.3, -0.25) is 10.00 Å². The van der Waals surface area contributed by atoms with Crippen LogP contribution in [0.2, 0.25) is 0 Å². The van der Waals surface area contributed by atoms with E-state index < -0.39 is 0 Å². The van der Waals surface area contributed by atoms with Gasteiger partial charge < -0.3 is 9.84 Å². The van der Waals surface area contributed by atoms with Crippen molar-refractivity contribution in [2.75, 3.05) is 26.2 Å². The number of nitrogens with zero attached hydrogens (tertiary/aromatic N) is 4. The largest absolute Gasteiger partial charge is 0.334 e. The summed E-state index contributed by atoms with van der Waals surface area (Å²) in [7, 11) is 0. The van der Waals surface area contributed by atoms with Crippen LogP contribution in [0.5, 0.6) is 0 Å². The molecule has 0 spiro atoms. The Morgan fingerprint density at radius 3 is 2.94 bits per heavy atom. The highest BCUT2D eigenvalue weighted by molar-refractivity contribution is 5.49. The van der Waals surface area contributed by atoms with Crippen molar-refractivity contribution in [3.63, 3.8) is 0 Å². The molecule has 2 aromatic heterocycles. The fraction of sp³-hybridized carbons (Fsp3) is 0.545. The highest BCUT2D eigenvalue weighted by atomic mass is 16.5. The third-order valence-electron chi connectivity index (χ3n) is 3.26. The number of piperazine rings is 1. The molecule has 0 aromatic carbocycles. The molecule has 0 radical (unpaired) electrons. The number of aromatic nitrogens is 4. The Balaban J connectivity index is 1.76. The summed E-state index contributed by atoms with van der Waals surface area (Å²) in [5.41, 5.74) is 0.821. The predicted molar refractivity (Wildman–Crippen MR) is 64.7 cm³/mol. The topological polar surface area (TPSA) is 82.9 Å². The number of H-pyrrole nitrogens is 1. The van der Waals surface area contributed by atoms with Gasteiger partial charge in [0.1, 0.15) is 0 Å². The van der Waals surface area contributed by atoms with E-state index in [1.165, 1.54) is 0 Å². The molecule has 0 aliphatic carbocycles. The van der Waals surface area contributed by atoms with Crippen molar-refractivity contribution in [1.29, 1.82) is 0 Å². The fourth-order valence-corrected chi connectivity index (χ4v) is 2.12. The van der Waals surface area contributed by atoms with Gasteiger partial charge in [-0.25, -0.2) is 0 Å². The standard InChI is InChI=1S/C11H16N6O/c1-8(17-4-2-12-3-5-17)10-15-11(18-16-10)9-6-13-14-7-9/h6-8,12H,2-5H2,1H3,(H,13,14). The zero-order valence-electron chi connectivity index (χ0n) is 10.3. The molecule has 1 aliphatic rings. The van der Waals surface area contributed by atoms with E-state index in [0.717, 1.165) is 37.6 Å². The van der Waals surface area contributed by atoms with Gasteiger partial charge in [0.2, 0.25) is 0 Å². The van der Waals surface area contributed by atoms with Crippen LogP contribution in [0, 0.1) is 0 Å². The van der Waals surface area contributed by atoms with Gasteiger partial charge in [0.15, 0.2) is 5.82 Å². The molecule has 1 unspecified atom stereocenters. The van der Waals surface area contributed by atoms with E-state index >= 15 is 0 Å². The second-order valence-electron chi connectivity index (χ2n) is 4.41. The lowest BCUT2D eigenvalue weighted by Gasteiger charge is -2.30. The van der Waals surface area contributed by atoms with E-state index in [0.29, 0.717) is 5.89 Å². The Morgan fingerprint density at radius 2 is 2.22 bits per heavy atom. The predicted octanol–water partition coefficient (Wildman–Crippen LogP) is 0.426. The molecular formula is C11H16N6O. The van der Waals surface area contributed by atoms with E-state index in [-0.39, 0.29) is 6.04 Å².